The number of rotatable bonds is 9. The van der Waals surface area contributed by atoms with Gasteiger partial charge in [-0.25, -0.2) is 0 Å². The number of aldehydes is 1. The minimum absolute atomic E-state index is 0.0249. The van der Waals surface area contributed by atoms with Crippen LogP contribution in [0.1, 0.15) is 48.1 Å². The molecule has 0 saturated carbocycles. The molecule has 9 heteroatoms. The zero-order valence-electron chi connectivity index (χ0n) is 18.7. The first-order chi connectivity index (χ1) is 15.4. The number of nitrogens with one attached hydrogen (secondary N) is 2. The van der Waals surface area contributed by atoms with Gasteiger partial charge in [0.25, 0.3) is 0 Å². The summed E-state index contributed by atoms with van der Waals surface area (Å²) in [5.74, 6) is -0.540. The number of primary amides is 1. The van der Waals surface area contributed by atoms with Crippen molar-refractivity contribution in [1.82, 2.24) is 20.4 Å². The van der Waals surface area contributed by atoms with Crippen molar-refractivity contribution in [2.45, 2.75) is 56.4 Å². The van der Waals surface area contributed by atoms with Gasteiger partial charge >= 0.3 is 0 Å². The number of nitriles is 1. The quantitative estimate of drug-likeness (QED) is 0.467. The number of nitrogens with zero attached hydrogens (tertiary/aromatic N) is 3. The Labute approximate surface area is 188 Å². The molecule has 2 saturated heterocycles. The SMILES string of the molecule is CNC(CN1C[C@@H](N[C@@H](C)c2ccc(C(N)=O)cc2)CC1C=O)C(=O)N1CCCC1C#N. The molecule has 0 bridgehead atoms. The molecule has 2 aliphatic heterocycles. The van der Waals surface area contributed by atoms with Crippen molar-refractivity contribution in [2.75, 3.05) is 26.7 Å². The van der Waals surface area contributed by atoms with Crippen LogP contribution in [0.4, 0.5) is 0 Å². The topological polar surface area (TPSA) is 132 Å². The molecular weight excluding hydrogens is 408 g/mol. The fourth-order valence-electron chi connectivity index (χ4n) is 4.68. The molecule has 1 aromatic rings. The molecule has 0 aromatic heterocycles. The van der Waals surface area contributed by atoms with Crippen molar-refractivity contribution in [3.05, 3.63) is 35.4 Å². The van der Waals surface area contributed by atoms with Crippen LogP contribution in [-0.4, -0.2) is 78.7 Å². The van der Waals surface area contributed by atoms with Crippen molar-refractivity contribution in [3.8, 4) is 6.07 Å². The van der Waals surface area contributed by atoms with Crippen LogP contribution in [0.15, 0.2) is 24.3 Å². The maximum absolute atomic E-state index is 13.0. The second-order valence-electron chi connectivity index (χ2n) is 8.62. The van der Waals surface area contributed by atoms with Crippen LogP contribution in [0, 0.1) is 11.3 Å². The van der Waals surface area contributed by atoms with Gasteiger partial charge in [-0.1, -0.05) is 12.1 Å². The maximum atomic E-state index is 13.0. The molecule has 5 atom stereocenters. The van der Waals surface area contributed by atoms with E-state index in [1.807, 2.05) is 24.0 Å². The van der Waals surface area contributed by atoms with Crippen LogP contribution in [0.3, 0.4) is 0 Å². The van der Waals surface area contributed by atoms with Crippen molar-refractivity contribution in [1.29, 1.82) is 5.26 Å². The Balaban J connectivity index is 1.60. The molecule has 0 spiro atoms. The Hall–Kier alpha value is -2.80. The summed E-state index contributed by atoms with van der Waals surface area (Å²) in [6.07, 6.45) is 3.15. The lowest BCUT2D eigenvalue weighted by molar-refractivity contribution is -0.134. The monoisotopic (exact) mass is 440 g/mol. The van der Waals surface area contributed by atoms with Gasteiger partial charge in [-0.2, -0.15) is 5.26 Å². The van der Waals surface area contributed by atoms with E-state index in [1.165, 1.54) is 0 Å². The van der Waals surface area contributed by atoms with Crippen LogP contribution < -0.4 is 16.4 Å². The number of hydrogen-bond acceptors (Lipinski definition) is 7. The number of amides is 2. The van der Waals surface area contributed by atoms with Gasteiger partial charge in [0.1, 0.15) is 12.3 Å². The minimum atomic E-state index is -0.469. The molecular formula is C23H32N6O3. The predicted molar refractivity (Wildman–Crippen MR) is 120 cm³/mol. The van der Waals surface area contributed by atoms with E-state index in [0.717, 1.165) is 18.3 Å². The molecule has 172 valence electrons. The molecule has 3 unspecified atom stereocenters. The molecule has 2 amide bonds. The van der Waals surface area contributed by atoms with Gasteiger partial charge in [0.2, 0.25) is 11.8 Å². The molecule has 2 aliphatic rings. The summed E-state index contributed by atoms with van der Waals surface area (Å²) in [7, 11) is 1.74. The van der Waals surface area contributed by atoms with Gasteiger partial charge in [-0.15, -0.1) is 0 Å². The zero-order chi connectivity index (χ0) is 23.3. The lowest BCUT2D eigenvalue weighted by Gasteiger charge is -2.29. The summed E-state index contributed by atoms with van der Waals surface area (Å²) < 4.78 is 0. The first-order valence-electron chi connectivity index (χ1n) is 11.1. The highest BCUT2D eigenvalue weighted by molar-refractivity contribution is 5.92. The van der Waals surface area contributed by atoms with Crippen molar-refractivity contribution in [2.24, 2.45) is 5.73 Å². The highest BCUT2D eigenvalue weighted by Crippen LogP contribution is 2.23. The number of benzene rings is 1. The van der Waals surface area contributed by atoms with Crippen molar-refractivity contribution < 1.29 is 14.4 Å². The first kappa shape index (κ1) is 23.9. The second kappa shape index (κ2) is 10.7. The molecule has 1 aromatic carbocycles. The third kappa shape index (κ3) is 5.33. The minimum Gasteiger partial charge on any atom is -0.366 e. The van der Waals surface area contributed by atoms with Gasteiger partial charge in [-0.05, 0) is 50.9 Å². The van der Waals surface area contributed by atoms with E-state index in [4.69, 9.17) is 5.73 Å². The van der Waals surface area contributed by atoms with Gasteiger partial charge in [0.05, 0.1) is 18.2 Å². The maximum Gasteiger partial charge on any atom is 0.248 e. The van der Waals surface area contributed by atoms with E-state index in [9.17, 15) is 19.6 Å². The van der Waals surface area contributed by atoms with Gasteiger partial charge < -0.3 is 26.1 Å². The van der Waals surface area contributed by atoms with E-state index in [1.54, 1.807) is 24.1 Å². The molecule has 2 heterocycles. The second-order valence-corrected chi connectivity index (χ2v) is 8.62. The van der Waals surface area contributed by atoms with E-state index in [2.05, 4.69) is 16.7 Å². The summed E-state index contributed by atoms with van der Waals surface area (Å²) in [6, 6.07) is 8.38. The Morgan fingerprint density at radius 3 is 2.66 bits per heavy atom. The Morgan fingerprint density at radius 1 is 1.34 bits per heavy atom. The molecule has 32 heavy (non-hydrogen) atoms. The molecule has 2 fully saturated rings. The molecule has 4 N–H and O–H groups in total. The standard InChI is InChI=1S/C23H32N6O3/c1-15(16-5-7-17(8-6-16)22(25)31)27-18-10-20(14-30)28(12-18)13-21(26-2)23(32)29-9-3-4-19(29)11-24/h5-8,14-15,18-21,26-27H,3-4,9-10,12-13H2,1-2H3,(H2,25,31)/t15-,18-,19?,20?,21?/m0/s1. The first-order valence-corrected chi connectivity index (χ1v) is 11.1. The largest absolute Gasteiger partial charge is 0.366 e. The van der Waals surface area contributed by atoms with Crippen molar-refractivity contribution in [3.63, 3.8) is 0 Å². The van der Waals surface area contributed by atoms with Crippen LogP contribution in [0.5, 0.6) is 0 Å². The smallest absolute Gasteiger partial charge is 0.248 e. The van der Waals surface area contributed by atoms with Gasteiger partial charge in [0, 0.05) is 37.3 Å². The third-order valence-corrected chi connectivity index (χ3v) is 6.54. The van der Waals surface area contributed by atoms with E-state index < -0.39 is 11.9 Å². The van der Waals surface area contributed by atoms with Gasteiger partial charge in [-0.3, -0.25) is 14.5 Å². The van der Waals surface area contributed by atoms with Crippen LogP contribution in [0.25, 0.3) is 0 Å². The number of likely N-dealkylation sites (tertiary alicyclic amines) is 2. The van der Waals surface area contributed by atoms with E-state index in [-0.39, 0.29) is 30.1 Å². The molecule has 3 rings (SSSR count). The normalized spacial score (nSPS) is 25.3. The highest BCUT2D eigenvalue weighted by atomic mass is 16.2. The number of carbonyl (C=O) groups is 3. The fourth-order valence-corrected chi connectivity index (χ4v) is 4.68. The Kier molecular flexibility index (Phi) is 7.96. The summed E-state index contributed by atoms with van der Waals surface area (Å²) in [6.45, 7) is 3.68. The summed E-state index contributed by atoms with van der Waals surface area (Å²) in [4.78, 5) is 39.7. The average molecular weight is 441 g/mol. The zero-order valence-corrected chi connectivity index (χ0v) is 18.7. The number of carbonyl (C=O) groups excluding carboxylic acids is 3. The van der Waals surface area contributed by atoms with Crippen LogP contribution in [-0.2, 0) is 9.59 Å². The summed E-state index contributed by atoms with van der Waals surface area (Å²) in [5.41, 5.74) is 6.79. The van der Waals surface area contributed by atoms with Gasteiger partial charge in [0.15, 0.2) is 0 Å². The predicted octanol–water partition coefficient (Wildman–Crippen LogP) is 0.180. The molecule has 0 aliphatic carbocycles. The number of nitrogens with two attached hydrogens (primary N) is 1. The number of likely N-dealkylation sites (N-methyl/N-ethyl adjacent to an activating group) is 1. The molecule has 0 radical (unpaired) electrons. The fraction of sp³-hybridized carbons (Fsp3) is 0.565. The van der Waals surface area contributed by atoms with E-state index >= 15 is 0 Å². The highest BCUT2D eigenvalue weighted by Gasteiger charge is 2.38. The Morgan fingerprint density at radius 2 is 2.06 bits per heavy atom. The molecule has 9 nitrogen and oxygen atoms in total. The van der Waals surface area contributed by atoms with Crippen LogP contribution in [0.2, 0.25) is 0 Å². The van der Waals surface area contributed by atoms with E-state index in [0.29, 0.717) is 38.0 Å². The lowest BCUT2D eigenvalue weighted by Crippen LogP contribution is -2.53. The Bertz CT molecular complexity index is 867. The summed E-state index contributed by atoms with van der Waals surface area (Å²) >= 11 is 0. The lowest BCUT2D eigenvalue weighted by atomic mass is 10.0. The third-order valence-electron chi connectivity index (χ3n) is 6.54. The number of hydrogen-bond donors (Lipinski definition) is 3. The average Bonchev–Trinajstić information content (AvgIpc) is 3.43. The van der Waals surface area contributed by atoms with Crippen LogP contribution >= 0.6 is 0 Å². The van der Waals surface area contributed by atoms with Crippen molar-refractivity contribution >= 4 is 18.1 Å². The summed E-state index contributed by atoms with van der Waals surface area (Å²) in [5, 5.41) is 15.9.